The lowest BCUT2D eigenvalue weighted by molar-refractivity contribution is 0.0757. The first kappa shape index (κ1) is 39.8. The second-order valence-electron chi connectivity index (χ2n) is 13.8. The number of ether oxygens (including phenoxy) is 1. The van der Waals surface area contributed by atoms with Crippen molar-refractivity contribution in [3.63, 3.8) is 0 Å². The van der Waals surface area contributed by atoms with Gasteiger partial charge in [0.15, 0.2) is 11.5 Å². The summed E-state index contributed by atoms with van der Waals surface area (Å²) >= 11 is 0. The van der Waals surface area contributed by atoms with Gasteiger partial charge in [0.1, 0.15) is 22.7 Å². The number of halogens is 2. The number of amides is 2. The number of hydrogen-bond acceptors (Lipinski definition) is 10. The lowest BCUT2D eigenvalue weighted by Gasteiger charge is -2.22. The third-order valence-electron chi connectivity index (χ3n) is 9.81. The zero-order chi connectivity index (χ0) is 41.7. The molecule has 2 aliphatic heterocycles. The van der Waals surface area contributed by atoms with Crippen molar-refractivity contribution in [2.75, 3.05) is 35.7 Å². The first-order chi connectivity index (χ1) is 27.5. The molecule has 0 atom stereocenters. The fourth-order valence-electron chi connectivity index (χ4n) is 7.17. The van der Waals surface area contributed by atoms with E-state index in [1.54, 1.807) is 59.6 Å². The third-order valence-corrected chi connectivity index (χ3v) is 11.6. The Hall–Kier alpha value is -6.40. The van der Waals surface area contributed by atoms with Crippen LogP contribution in [-0.2, 0) is 46.2 Å². The number of benzene rings is 4. The SMILES string of the molecule is CN(c1c2c(c(O)c3ncccc13)C(=O)N(Cc1ccc(F)cc1)C2)S(C)(=O)=O.COc1c2c(c(NS(C)(=O)=O)c3cccnc13)CN(Cc1ccc(F)cc1)C2=O. The van der Waals surface area contributed by atoms with Crippen molar-refractivity contribution >= 4 is 65.0 Å². The van der Waals surface area contributed by atoms with Crippen LogP contribution in [0, 0.1) is 11.6 Å². The number of fused-ring (bicyclic) bond motifs is 4. The normalized spacial score (nSPS) is 13.7. The van der Waals surface area contributed by atoms with Crippen LogP contribution in [0.5, 0.6) is 11.5 Å². The van der Waals surface area contributed by atoms with Crippen LogP contribution >= 0.6 is 0 Å². The molecule has 2 aromatic heterocycles. The van der Waals surface area contributed by atoms with Gasteiger partial charge in [0, 0.05) is 67.5 Å². The number of anilines is 2. The van der Waals surface area contributed by atoms with Gasteiger partial charge in [-0.3, -0.25) is 28.6 Å². The van der Waals surface area contributed by atoms with Gasteiger partial charge < -0.3 is 19.6 Å². The van der Waals surface area contributed by atoms with Crippen LogP contribution in [0.25, 0.3) is 21.8 Å². The van der Waals surface area contributed by atoms with E-state index < -0.39 is 26.0 Å². The molecule has 0 saturated carbocycles. The molecule has 0 aliphatic carbocycles. The highest BCUT2D eigenvalue weighted by Crippen LogP contribution is 2.45. The minimum absolute atomic E-state index is 0.0452. The molecule has 2 amide bonds. The molecular weight excluding hydrogens is 795 g/mol. The molecule has 0 bridgehead atoms. The number of aromatic hydroxyl groups is 1. The summed E-state index contributed by atoms with van der Waals surface area (Å²) in [7, 11) is -4.37. The van der Waals surface area contributed by atoms with Crippen molar-refractivity contribution in [2.45, 2.75) is 26.2 Å². The Kier molecular flexibility index (Phi) is 10.4. The van der Waals surface area contributed by atoms with Crippen molar-refractivity contribution in [1.29, 1.82) is 0 Å². The first-order valence-electron chi connectivity index (χ1n) is 17.6. The second-order valence-corrected chi connectivity index (χ2v) is 17.6. The van der Waals surface area contributed by atoms with E-state index >= 15 is 0 Å². The van der Waals surface area contributed by atoms with Crippen LogP contribution in [0.4, 0.5) is 20.2 Å². The van der Waals surface area contributed by atoms with Gasteiger partial charge in [0.25, 0.3) is 11.8 Å². The minimum atomic E-state index is -3.63. The van der Waals surface area contributed by atoms with Gasteiger partial charge in [0.05, 0.1) is 42.1 Å². The Morgan fingerprint density at radius 3 is 1.78 bits per heavy atom. The van der Waals surface area contributed by atoms with Crippen molar-refractivity contribution in [1.82, 2.24) is 19.8 Å². The average molecular weight is 831 g/mol. The van der Waals surface area contributed by atoms with Crippen molar-refractivity contribution in [2.24, 2.45) is 0 Å². The zero-order valence-corrected chi connectivity index (χ0v) is 33.2. The highest BCUT2D eigenvalue weighted by Gasteiger charge is 2.38. The molecule has 6 aromatic rings. The molecule has 4 heterocycles. The summed E-state index contributed by atoms with van der Waals surface area (Å²) in [6, 6.07) is 18.4. The number of phenols is 1. The predicted molar refractivity (Wildman–Crippen MR) is 213 cm³/mol. The molecule has 2 aliphatic rings. The van der Waals surface area contributed by atoms with E-state index in [2.05, 4.69) is 14.7 Å². The molecule has 18 heteroatoms. The molecule has 0 saturated heterocycles. The van der Waals surface area contributed by atoms with Crippen molar-refractivity contribution in [3.05, 3.63) is 130 Å². The Morgan fingerprint density at radius 1 is 0.759 bits per heavy atom. The topological polar surface area (TPSA) is 179 Å². The van der Waals surface area contributed by atoms with Gasteiger partial charge in [-0.15, -0.1) is 0 Å². The summed E-state index contributed by atoms with van der Waals surface area (Å²) in [5, 5.41) is 11.7. The molecular formula is C40H36F2N6O8S2. The standard InChI is InChI=1S/2C20H18FN3O4S/c1-23(29(2,27)28)18-14-4-3-9-22-17(14)19(25)16-15(18)11-24(20(16)26)10-12-5-7-13(21)8-6-12;1-28-19-16-15(11-24(20(16)25)10-12-5-7-13(21)8-6-12)17(23-29(2,26)27)14-4-3-9-22-18(14)19/h3-9,25H,10-11H2,1-2H3;3-9,23H,10-11H2,1-2H3. The molecule has 0 fully saturated rings. The van der Waals surface area contributed by atoms with Gasteiger partial charge in [-0.2, -0.15) is 0 Å². The molecule has 2 N–H and O–H groups in total. The number of carbonyl (C=O) groups is 2. The van der Waals surface area contributed by atoms with E-state index in [4.69, 9.17) is 4.74 Å². The number of methoxy groups -OCH3 is 1. The maximum absolute atomic E-state index is 13.2. The van der Waals surface area contributed by atoms with Crippen LogP contribution in [0.2, 0.25) is 0 Å². The van der Waals surface area contributed by atoms with E-state index in [-0.39, 0.29) is 66.1 Å². The number of aromatic nitrogens is 2. The van der Waals surface area contributed by atoms with Crippen LogP contribution < -0.4 is 13.8 Å². The first-order valence-corrected chi connectivity index (χ1v) is 21.3. The number of hydrogen-bond donors (Lipinski definition) is 2. The van der Waals surface area contributed by atoms with Crippen LogP contribution in [-0.4, -0.2) is 80.2 Å². The van der Waals surface area contributed by atoms with Gasteiger partial charge in [-0.05, 0) is 59.7 Å². The number of rotatable bonds is 9. The smallest absolute Gasteiger partial charge is 0.258 e. The zero-order valence-electron chi connectivity index (χ0n) is 31.5. The molecule has 4 aromatic carbocycles. The maximum atomic E-state index is 13.2. The van der Waals surface area contributed by atoms with Crippen molar-refractivity contribution in [3.8, 4) is 11.5 Å². The number of nitrogens with zero attached hydrogens (tertiary/aromatic N) is 5. The fraction of sp³-hybridized carbons (Fsp3) is 0.200. The molecule has 58 heavy (non-hydrogen) atoms. The minimum Gasteiger partial charge on any atom is -0.505 e. The van der Waals surface area contributed by atoms with E-state index in [1.165, 1.54) is 49.5 Å². The Morgan fingerprint density at radius 2 is 1.26 bits per heavy atom. The van der Waals surface area contributed by atoms with Gasteiger partial charge in [-0.1, -0.05) is 24.3 Å². The number of phenolic OH excluding ortho intramolecular Hbond substituents is 1. The number of carbonyl (C=O) groups excluding carboxylic acids is 2. The van der Waals surface area contributed by atoms with E-state index in [0.29, 0.717) is 50.1 Å². The summed E-state index contributed by atoms with van der Waals surface area (Å²) in [6.45, 7) is 0.738. The predicted octanol–water partition coefficient (Wildman–Crippen LogP) is 5.54. The average Bonchev–Trinajstić information content (AvgIpc) is 3.68. The third kappa shape index (κ3) is 7.55. The largest absolute Gasteiger partial charge is 0.505 e. The van der Waals surface area contributed by atoms with Crippen LogP contribution in [0.1, 0.15) is 43.0 Å². The molecule has 14 nitrogen and oxygen atoms in total. The lowest BCUT2D eigenvalue weighted by atomic mass is 10.0. The molecule has 300 valence electrons. The number of sulfonamides is 2. The Bertz CT molecular complexity index is 2820. The lowest BCUT2D eigenvalue weighted by Crippen LogP contribution is -2.26. The second kappa shape index (κ2) is 15.2. The maximum Gasteiger partial charge on any atom is 0.258 e. The van der Waals surface area contributed by atoms with Gasteiger partial charge >= 0.3 is 0 Å². The van der Waals surface area contributed by atoms with E-state index in [1.807, 2.05) is 0 Å². The summed E-state index contributed by atoms with van der Waals surface area (Å²) < 4.78 is 84.0. The highest BCUT2D eigenvalue weighted by atomic mass is 32.2. The van der Waals surface area contributed by atoms with Crippen molar-refractivity contribution < 1.29 is 45.0 Å². The van der Waals surface area contributed by atoms with Crippen LogP contribution in [0.3, 0.4) is 0 Å². The Labute approximate surface area is 332 Å². The fourth-order valence-corrected chi connectivity index (χ4v) is 8.31. The molecule has 0 spiro atoms. The van der Waals surface area contributed by atoms with Gasteiger partial charge in [-0.25, -0.2) is 25.6 Å². The highest BCUT2D eigenvalue weighted by molar-refractivity contribution is 7.92. The number of nitrogens with one attached hydrogen (secondary N) is 1. The number of pyridine rings is 2. The molecule has 8 rings (SSSR count). The monoisotopic (exact) mass is 830 g/mol. The van der Waals surface area contributed by atoms with E-state index in [0.717, 1.165) is 22.4 Å². The quantitative estimate of drug-likeness (QED) is 0.188. The van der Waals surface area contributed by atoms with Gasteiger partial charge in [0.2, 0.25) is 20.0 Å². The van der Waals surface area contributed by atoms with Crippen LogP contribution in [0.15, 0.2) is 85.2 Å². The Balaban J connectivity index is 0.000000177. The summed E-state index contributed by atoms with van der Waals surface area (Å²) in [5.41, 5.74) is 3.95. The summed E-state index contributed by atoms with van der Waals surface area (Å²) in [6.07, 6.45) is 5.14. The summed E-state index contributed by atoms with van der Waals surface area (Å²) in [4.78, 5) is 37.7. The van der Waals surface area contributed by atoms with E-state index in [9.17, 15) is 40.3 Å². The summed E-state index contributed by atoms with van der Waals surface area (Å²) in [5.74, 6) is -1.43. The molecule has 0 unspecified atom stereocenters. The molecule has 0 radical (unpaired) electrons.